The molecule has 4 N–H and O–H groups in total. The Hall–Kier alpha value is -2.97. The van der Waals surface area contributed by atoms with E-state index in [1.54, 1.807) is 13.8 Å². The van der Waals surface area contributed by atoms with Gasteiger partial charge in [0.05, 0.1) is 19.9 Å². The van der Waals surface area contributed by atoms with Gasteiger partial charge >= 0.3 is 19.4 Å². The van der Waals surface area contributed by atoms with Crippen molar-refractivity contribution in [2.45, 2.75) is 50.9 Å². The molecule has 2 heterocycles. The van der Waals surface area contributed by atoms with Gasteiger partial charge in [0, 0.05) is 0 Å². The lowest BCUT2D eigenvalue weighted by molar-refractivity contribution is -0.142. The summed E-state index contributed by atoms with van der Waals surface area (Å²) in [6, 6.07) is 3.60. The first-order chi connectivity index (χ1) is 17.7. The van der Waals surface area contributed by atoms with Gasteiger partial charge in [-0.05, 0) is 44.0 Å². The van der Waals surface area contributed by atoms with Gasteiger partial charge < -0.3 is 24.8 Å². The molecular formula is C22H28F3N4O8P. The van der Waals surface area contributed by atoms with E-state index in [0.717, 1.165) is 18.2 Å². The number of nitrogen functional groups attached to an aromatic ring is 1. The van der Waals surface area contributed by atoms with Gasteiger partial charge in [-0.25, -0.2) is 22.5 Å². The number of aliphatic hydroxyl groups is 1. The van der Waals surface area contributed by atoms with E-state index in [0.29, 0.717) is 10.8 Å². The van der Waals surface area contributed by atoms with Crippen molar-refractivity contribution in [3.05, 3.63) is 51.8 Å². The molecule has 2 aromatic rings. The van der Waals surface area contributed by atoms with E-state index in [1.165, 1.54) is 19.1 Å². The van der Waals surface area contributed by atoms with Crippen molar-refractivity contribution in [1.29, 1.82) is 0 Å². The number of hydrogen-bond acceptors (Lipinski definition) is 10. The minimum Gasteiger partial charge on any atom is -0.468 e. The number of benzene rings is 1. The molecule has 1 unspecified atom stereocenters. The van der Waals surface area contributed by atoms with Crippen LogP contribution >= 0.6 is 7.75 Å². The monoisotopic (exact) mass is 564 g/mol. The molecule has 1 aliphatic rings. The van der Waals surface area contributed by atoms with Crippen LogP contribution in [-0.4, -0.2) is 64.9 Å². The number of hydrogen-bond donors (Lipinski definition) is 3. The van der Waals surface area contributed by atoms with Crippen LogP contribution in [0, 0.1) is 19.7 Å². The molecule has 0 radical (unpaired) electrons. The predicted molar refractivity (Wildman–Crippen MR) is 127 cm³/mol. The zero-order valence-corrected chi connectivity index (χ0v) is 21.8. The molecular weight excluding hydrogens is 536 g/mol. The summed E-state index contributed by atoms with van der Waals surface area (Å²) >= 11 is 0. The van der Waals surface area contributed by atoms with Crippen LogP contribution in [0.1, 0.15) is 24.3 Å². The van der Waals surface area contributed by atoms with Crippen molar-refractivity contribution in [1.82, 2.24) is 14.6 Å². The summed E-state index contributed by atoms with van der Waals surface area (Å²) in [6.45, 7) is 2.12. The average Bonchev–Trinajstić information content (AvgIpc) is 3.09. The number of esters is 1. The van der Waals surface area contributed by atoms with E-state index < -0.39 is 74.5 Å². The van der Waals surface area contributed by atoms with E-state index in [1.807, 2.05) is 6.07 Å². The number of anilines is 1. The van der Waals surface area contributed by atoms with Gasteiger partial charge in [0.2, 0.25) is 0 Å². The van der Waals surface area contributed by atoms with Gasteiger partial charge in [-0.15, -0.1) is 0 Å². The highest BCUT2D eigenvalue weighted by molar-refractivity contribution is 7.52. The van der Waals surface area contributed by atoms with Crippen molar-refractivity contribution in [3.8, 4) is 5.75 Å². The van der Waals surface area contributed by atoms with Gasteiger partial charge in [-0.1, -0.05) is 6.07 Å². The zero-order valence-electron chi connectivity index (χ0n) is 20.9. The number of alkyl halides is 2. The molecule has 0 saturated carbocycles. The van der Waals surface area contributed by atoms with Crippen molar-refractivity contribution < 1.29 is 46.2 Å². The normalized spacial score (nSPS) is 25.5. The second-order valence-corrected chi connectivity index (χ2v) is 10.5. The Balaban J connectivity index is 1.92. The number of methoxy groups -OCH3 is 1. The first-order valence-electron chi connectivity index (χ1n) is 11.2. The van der Waals surface area contributed by atoms with Crippen LogP contribution < -0.4 is 21.0 Å². The molecule has 0 amide bonds. The summed E-state index contributed by atoms with van der Waals surface area (Å²) in [4.78, 5) is 27.3. The van der Waals surface area contributed by atoms with E-state index >= 15 is 4.39 Å². The van der Waals surface area contributed by atoms with Crippen LogP contribution in [0.5, 0.6) is 5.75 Å². The van der Waals surface area contributed by atoms with Crippen molar-refractivity contribution in [2.75, 3.05) is 26.1 Å². The summed E-state index contributed by atoms with van der Waals surface area (Å²) in [6.07, 6.45) is -6.25. The SMILES string of the molecule is COC(=O)[C@H](C)NP(=O)(OC[C@@]1(CF)O[C@@H](n2cc(F)c(N)nc2=O)[C@@H](F)[C@@H]1O)Oc1cc(C)cc(C)c1. The van der Waals surface area contributed by atoms with E-state index in [4.69, 9.17) is 19.5 Å². The minimum absolute atomic E-state index is 0.0637. The Morgan fingerprint density at radius 2 is 2.00 bits per heavy atom. The zero-order chi connectivity index (χ0) is 28.4. The lowest BCUT2D eigenvalue weighted by Crippen LogP contribution is -2.48. The molecule has 3 rings (SSSR count). The first-order valence-corrected chi connectivity index (χ1v) is 12.8. The second kappa shape index (κ2) is 11.4. The minimum atomic E-state index is -4.56. The Morgan fingerprint density at radius 1 is 1.37 bits per heavy atom. The van der Waals surface area contributed by atoms with Gasteiger partial charge in [0.1, 0.15) is 24.6 Å². The highest BCUT2D eigenvalue weighted by atomic mass is 31.2. The number of rotatable bonds is 10. The summed E-state index contributed by atoms with van der Waals surface area (Å²) in [5, 5.41) is 12.9. The third kappa shape index (κ3) is 6.18. The largest absolute Gasteiger partial charge is 0.468 e. The van der Waals surface area contributed by atoms with Crippen LogP contribution in [0.2, 0.25) is 0 Å². The fourth-order valence-corrected chi connectivity index (χ4v) is 5.35. The van der Waals surface area contributed by atoms with Crippen LogP contribution in [0.4, 0.5) is 19.0 Å². The van der Waals surface area contributed by atoms with E-state index in [2.05, 4.69) is 14.8 Å². The smallest absolute Gasteiger partial charge is 0.459 e. The highest BCUT2D eigenvalue weighted by Gasteiger charge is 2.58. The number of carbonyl (C=O) groups excluding carboxylic acids is 1. The van der Waals surface area contributed by atoms with Gasteiger partial charge in [-0.2, -0.15) is 10.1 Å². The maximum atomic E-state index is 15.1. The van der Waals surface area contributed by atoms with Crippen molar-refractivity contribution >= 4 is 19.5 Å². The quantitative estimate of drug-likeness (QED) is 0.285. The third-order valence-electron chi connectivity index (χ3n) is 5.71. The Labute approximate surface area is 215 Å². The summed E-state index contributed by atoms with van der Waals surface area (Å²) in [5.41, 5.74) is 2.96. The van der Waals surface area contributed by atoms with E-state index in [-0.39, 0.29) is 5.75 Å². The average molecular weight is 564 g/mol. The predicted octanol–water partition coefficient (Wildman–Crippen LogP) is 1.87. The third-order valence-corrected chi connectivity index (χ3v) is 7.33. The Bertz CT molecular complexity index is 1280. The number of nitrogens with two attached hydrogens (primary N) is 1. The maximum Gasteiger partial charge on any atom is 0.459 e. The lowest BCUT2D eigenvalue weighted by atomic mass is 9.98. The summed E-state index contributed by atoms with van der Waals surface area (Å²) in [7, 11) is -3.47. The molecule has 6 atom stereocenters. The number of carbonyl (C=O) groups is 1. The Morgan fingerprint density at radius 3 is 2.58 bits per heavy atom. The molecule has 0 aliphatic carbocycles. The van der Waals surface area contributed by atoms with Gasteiger partial charge in [0.15, 0.2) is 29.6 Å². The lowest BCUT2D eigenvalue weighted by Gasteiger charge is -2.31. The number of nitrogens with one attached hydrogen (secondary N) is 1. The Kier molecular flexibility index (Phi) is 8.89. The van der Waals surface area contributed by atoms with Crippen LogP contribution in [0.3, 0.4) is 0 Å². The molecule has 12 nitrogen and oxygen atoms in total. The molecule has 1 fully saturated rings. The van der Waals surface area contributed by atoms with E-state index in [9.17, 15) is 28.0 Å². The number of aromatic nitrogens is 2. The second-order valence-electron chi connectivity index (χ2n) is 8.82. The topological polar surface area (TPSA) is 164 Å². The molecule has 38 heavy (non-hydrogen) atoms. The fraction of sp³-hybridized carbons (Fsp3) is 0.500. The number of nitrogens with zero attached hydrogens (tertiary/aromatic N) is 2. The van der Waals surface area contributed by atoms with Crippen LogP contribution in [0.15, 0.2) is 29.2 Å². The van der Waals surface area contributed by atoms with Crippen molar-refractivity contribution in [2.24, 2.45) is 0 Å². The molecule has 1 aromatic carbocycles. The van der Waals surface area contributed by atoms with Crippen LogP contribution in [-0.2, 0) is 23.4 Å². The standard InChI is InChI=1S/C22H28F3N4O8P/c1-11-5-12(2)7-14(6-11)37-38(33,28-13(3)20(31)34-4)35-10-22(9-23)17(30)16(25)19(36-22)29-8-15(24)18(26)27-21(29)32/h5-8,13,16-17,19,30H,9-10H2,1-4H3,(H,28,33)(H2,26,27,32)/t13-,16-,17-,19+,22+,38?/m0/s1. The molecule has 1 saturated heterocycles. The molecule has 1 aromatic heterocycles. The molecule has 0 spiro atoms. The first kappa shape index (κ1) is 29.6. The number of halogens is 3. The highest BCUT2D eigenvalue weighted by Crippen LogP contribution is 2.48. The summed E-state index contributed by atoms with van der Waals surface area (Å²) in [5.74, 6) is -2.71. The maximum absolute atomic E-state index is 15.1. The number of aliphatic hydroxyl groups excluding tert-OH is 1. The molecule has 210 valence electrons. The number of aryl methyl sites for hydroxylation is 2. The number of ether oxygens (including phenoxy) is 2. The van der Waals surface area contributed by atoms with Crippen molar-refractivity contribution in [3.63, 3.8) is 0 Å². The van der Waals surface area contributed by atoms with Gasteiger partial charge in [0.25, 0.3) is 0 Å². The molecule has 16 heteroatoms. The summed E-state index contributed by atoms with van der Waals surface area (Å²) < 4.78 is 78.2. The molecule has 1 aliphatic heterocycles. The molecule has 0 bridgehead atoms. The fourth-order valence-electron chi connectivity index (χ4n) is 3.82. The van der Waals surface area contributed by atoms with Crippen LogP contribution in [0.25, 0.3) is 0 Å². The van der Waals surface area contributed by atoms with Gasteiger partial charge in [-0.3, -0.25) is 13.9 Å².